The summed E-state index contributed by atoms with van der Waals surface area (Å²) in [4.78, 5) is 20.2. The van der Waals surface area contributed by atoms with Gasteiger partial charge in [-0.05, 0) is 38.1 Å². The fourth-order valence-corrected chi connectivity index (χ4v) is 2.42. The second-order valence-electron chi connectivity index (χ2n) is 5.19. The molecule has 1 fully saturated rings. The Bertz CT molecular complexity index is 627. The Balaban J connectivity index is 1.64. The van der Waals surface area contributed by atoms with Crippen LogP contribution in [0.25, 0.3) is 0 Å². The molecular weight excluding hydrogens is 280 g/mol. The summed E-state index contributed by atoms with van der Waals surface area (Å²) in [6.45, 7) is 1.79. The van der Waals surface area contributed by atoms with Crippen molar-refractivity contribution in [1.29, 1.82) is 0 Å². The van der Waals surface area contributed by atoms with Crippen LogP contribution in [0.1, 0.15) is 12.8 Å². The molecule has 0 unspecified atom stereocenters. The quantitative estimate of drug-likeness (QED) is 0.905. The van der Waals surface area contributed by atoms with E-state index in [0.717, 1.165) is 31.6 Å². The van der Waals surface area contributed by atoms with Crippen molar-refractivity contribution < 1.29 is 9.53 Å². The van der Waals surface area contributed by atoms with Crippen LogP contribution in [0, 0.1) is 5.92 Å². The molecule has 1 aromatic heterocycles. The van der Waals surface area contributed by atoms with Crippen molar-refractivity contribution in [3.05, 3.63) is 42.9 Å². The van der Waals surface area contributed by atoms with Gasteiger partial charge in [0.15, 0.2) is 0 Å². The molecule has 22 heavy (non-hydrogen) atoms. The zero-order chi connectivity index (χ0) is 15.2. The number of carbonyl (C=O) groups excluding carboxylic acids is 1. The van der Waals surface area contributed by atoms with Gasteiger partial charge in [0.2, 0.25) is 11.8 Å². The highest BCUT2D eigenvalue weighted by Gasteiger charge is 2.20. The summed E-state index contributed by atoms with van der Waals surface area (Å²) in [5, 5.41) is 6.21. The molecule has 1 aliphatic heterocycles. The van der Waals surface area contributed by atoms with Crippen molar-refractivity contribution >= 4 is 11.6 Å². The predicted molar refractivity (Wildman–Crippen MR) is 82.8 cm³/mol. The van der Waals surface area contributed by atoms with Gasteiger partial charge in [0, 0.05) is 30.1 Å². The number of benzene rings is 1. The van der Waals surface area contributed by atoms with Crippen LogP contribution in [-0.2, 0) is 4.79 Å². The molecule has 6 nitrogen and oxygen atoms in total. The zero-order valence-electron chi connectivity index (χ0n) is 12.2. The van der Waals surface area contributed by atoms with Crippen LogP contribution in [0.15, 0.2) is 42.9 Å². The van der Waals surface area contributed by atoms with Crippen LogP contribution in [0.3, 0.4) is 0 Å². The van der Waals surface area contributed by atoms with Gasteiger partial charge < -0.3 is 15.4 Å². The average molecular weight is 298 g/mol. The molecule has 2 N–H and O–H groups in total. The summed E-state index contributed by atoms with van der Waals surface area (Å²) in [6.07, 6.45) is 6.45. The number of amides is 1. The molecule has 1 amide bonds. The Morgan fingerprint density at radius 2 is 2.14 bits per heavy atom. The van der Waals surface area contributed by atoms with E-state index in [1.54, 1.807) is 24.7 Å². The van der Waals surface area contributed by atoms with Crippen LogP contribution in [0.2, 0.25) is 0 Å². The SMILES string of the molecule is O=C(Nc1cccc(Oc2cnccn2)c1)C1CCNCC1. The van der Waals surface area contributed by atoms with Crippen LogP contribution in [0.5, 0.6) is 11.6 Å². The van der Waals surface area contributed by atoms with Crippen LogP contribution in [0.4, 0.5) is 5.69 Å². The molecule has 0 radical (unpaired) electrons. The first kappa shape index (κ1) is 14.5. The number of hydrogen-bond acceptors (Lipinski definition) is 5. The molecule has 0 aliphatic carbocycles. The normalized spacial score (nSPS) is 15.3. The molecule has 2 aromatic rings. The molecule has 0 bridgehead atoms. The number of carbonyl (C=O) groups is 1. The lowest BCUT2D eigenvalue weighted by molar-refractivity contribution is -0.120. The van der Waals surface area contributed by atoms with E-state index in [0.29, 0.717) is 11.6 Å². The highest BCUT2D eigenvalue weighted by atomic mass is 16.5. The van der Waals surface area contributed by atoms with E-state index in [9.17, 15) is 4.79 Å². The summed E-state index contributed by atoms with van der Waals surface area (Å²) >= 11 is 0. The third kappa shape index (κ3) is 3.79. The van der Waals surface area contributed by atoms with Crippen molar-refractivity contribution in [3.63, 3.8) is 0 Å². The number of nitrogens with zero attached hydrogens (tertiary/aromatic N) is 2. The minimum atomic E-state index is 0.0677. The van der Waals surface area contributed by atoms with Gasteiger partial charge in [0.25, 0.3) is 0 Å². The summed E-state index contributed by atoms with van der Waals surface area (Å²) < 4.78 is 5.61. The maximum atomic E-state index is 12.2. The Morgan fingerprint density at radius 3 is 2.91 bits per heavy atom. The molecule has 1 aromatic carbocycles. The Morgan fingerprint density at radius 1 is 1.27 bits per heavy atom. The summed E-state index contributed by atoms with van der Waals surface area (Å²) in [7, 11) is 0. The van der Waals surface area contributed by atoms with E-state index >= 15 is 0 Å². The fraction of sp³-hybridized carbons (Fsp3) is 0.312. The molecule has 114 valence electrons. The highest BCUT2D eigenvalue weighted by molar-refractivity contribution is 5.92. The molecule has 6 heteroatoms. The maximum Gasteiger partial charge on any atom is 0.237 e. The first-order valence-electron chi connectivity index (χ1n) is 7.37. The minimum Gasteiger partial charge on any atom is -0.437 e. The monoisotopic (exact) mass is 298 g/mol. The minimum absolute atomic E-state index is 0.0677. The number of anilines is 1. The van der Waals surface area contributed by atoms with Crippen molar-refractivity contribution in [1.82, 2.24) is 15.3 Å². The van der Waals surface area contributed by atoms with Gasteiger partial charge in [-0.1, -0.05) is 6.07 Å². The van der Waals surface area contributed by atoms with E-state index < -0.39 is 0 Å². The van der Waals surface area contributed by atoms with E-state index in [2.05, 4.69) is 20.6 Å². The van der Waals surface area contributed by atoms with Gasteiger partial charge in [0.05, 0.1) is 6.20 Å². The van der Waals surface area contributed by atoms with Gasteiger partial charge >= 0.3 is 0 Å². The van der Waals surface area contributed by atoms with E-state index in [1.807, 2.05) is 18.2 Å². The average Bonchev–Trinajstić information content (AvgIpc) is 2.57. The molecule has 0 saturated carbocycles. The molecule has 1 aliphatic rings. The van der Waals surface area contributed by atoms with Crippen molar-refractivity contribution in [2.75, 3.05) is 18.4 Å². The lowest BCUT2D eigenvalue weighted by atomic mass is 9.97. The van der Waals surface area contributed by atoms with Crippen LogP contribution in [-0.4, -0.2) is 29.0 Å². The molecule has 0 atom stereocenters. The van der Waals surface area contributed by atoms with Crippen LogP contribution < -0.4 is 15.4 Å². The van der Waals surface area contributed by atoms with Gasteiger partial charge in [0.1, 0.15) is 5.75 Å². The largest absolute Gasteiger partial charge is 0.437 e. The summed E-state index contributed by atoms with van der Waals surface area (Å²) in [6, 6.07) is 7.29. The Kier molecular flexibility index (Phi) is 4.60. The molecular formula is C16H18N4O2. The first-order chi connectivity index (χ1) is 10.8. The number of piperidine rings is 1. The highest BCUT2D eigenvalue weighted by Crippen LogP contribution is 2.23. The molecule has 0 spiro atoms. The zero-order valence-corrected chi connectivity index (χ0v) is 12.2. The van der Waals surface area contributed by atoms with Crippen molar-refractivity contribution in [2.45, 2.75) is 12.8 Å². The van der Waals surface area contributed by atoms with Crippen LogP contribution >= 0.6 is 0 Å². The lowest BCUT2D eigenvalue weighted by Gasteiger charge is -2.21. The van der Waals surface area contributed by atoms with E-state index in [1.165, 1.54) is 0 Å². The van der Waals surface area contributed by atoms with Crippen molar-refractivity contribution in [2.24, 2.45) is 5.92 Å². The smallest absolute Gasteiger partial charge is 0.237 e. The number of aromatic nitrogens is 2. The van der Waals surface area contributed by atoms with E-state index in [-0.39, 0.29) is 11.8 Å². The Labute approximate surface area is 128 Å². The first-order valence-corrected chi connectivity index (χ1v) is 7.37. The fourth-order valence-electron chi connectivity index (χ4n) is 2.42. The molecule has 1 saturated heterocycles. The van der Waals surface area contributed by atoms with Crippen molar-refractivity contribution in [3.8, 4) is 11.6 Å². The molecule has 2 heterocycles. The lowest BCUT2D eigenvalue weighted by Crippen LogP contribution is -2.34. The van der Waals surface area contributed by atoms with Gasteiger partial charge in [-0.25, -0.2) is 4.98 Å². The molecule has 3 rings (SSSR count). The predicted octanol–water partition coefficient (Wildman–Crippen LogP) is 2.21. The third-order valence-corrected chi connectivity index (χ3v) is 3.57. The number of ether oxygens (including phenoxy) is 1. The summed E-state index contributed by atoms with van der Waals surface area (Å²) in [5.41, 5.74) is 0.727. The summed E-state index contributed by atoms with van der Waals surface area (Å²) in [5.74, 6) is 1.18. The second-order valence-corrected chi connectivity index (χ2v) is 5.19. The number of rotatable bonds is 4. The standard InChI is InChI=1S/C16H18N4O2/c21-16(12-4-6-17-7-5-12)20-13-2-1-3-14(10-13)22-15-11-18-8-9-19-15/h1-3,8-12,17H,4-7H2,(H,20,21). The number of nitrogens with one attached hydrogen (secondary N) is 2. The Hall–Kier alpha value is -2.47. The number of hydrogen-bond donors (Lipinski definition) is 2. The maximum absolute atomic E-state index is 12.2. The second kappa shape index (κ2) is 7.00. The van der Waals surface area contributed by atoms with E-state index in [4.69, 9.17) is 4.74 Å². The van der Waals surface area contributed by atoms with Gasteiger partial charge in [-0.3, -0.25) is 9.78 Å². The van der Waals surface area contributed by atoms with Gasteiger partial charge in [-0.2, -0.15) is 0 Å². The topological polar surface area (TPSA) is 76.1 Å². The van der Waals surface area contributed by atoms with Gasteiger partial charge in [-0.15, -0.1) is 0 Å². The third-order valence-electron chi connectivity index (χ3n) is 3.57.